The molecule has 0 spiro atoms. The van der Waals surface area contributed by atoms with Crippen LogP contribution in [0, 0.1) is 21.4 Å². The summed E-state index contributed by atoms with van der Waals surface area (Å²) in [5.74, 6) is 0.214. The van der Waals surface area contributed by atoms with Crippen LogP contribution in [0.3, 0.4) is 0 Å². The van der Waals surface area contributed by atoms with Crippen molar-refractivity contribution in [2.75, 3.05) is 6.54 Å². The molecule has 0 aliphatic rings. The fourth-order valence-corrected chi connectivity index (χ4v) is 2.27. The minimum atomic E-state index is -0.403. The van der Waals surface area contributed by atoms with Crippen LogP contribution in [0.2, 0.25) is 0 Å². The Labute approximate surface area is 120 Å². The number of nitrogens with zero attached hydrogens (tertiary/aromatic N) is 1. The maximum absolute atomic E-state index is 10.6. The van der Waals surface area contributed by atoms with E-state index in [0.29, 0.717) is 13.1 Å². The molecule has 0 aliphatic heterocycles. The van der Waals surface area contributed by atoms with E-state index in [0.717, 1.165) is 5.56 Å². The summed E-state index contributed by atoms with van der Waals surface area (Å²) in [5.41, 5.74) is 0.879. The summed E-state index contributed by atoms with van der Waals surface area (Å²) in [5, 5.41) is 24.0. The Morgan fingerprint density at radius 3 is 2.30 bits per heavy atom. The van der Waals surface area contributed by atoms with E-state index in [1.165, 1.54) is 12.1 Å². The number of nitro groups is 1. The van der Waals surface area contributed by atoms with Crippen LogP contribution in [0.25, 0.3) is 0 Å². The molecule has 1 unspecified atom stereocenters. The van der Waals surface area contributed by atoms with Crippen LogP contribution in [0.5, 0.6) is 0 Å². The van der Waals surface area contributed by atoms with Crippen molar-refractivity contribution >= 4 is 5.69 Å². The van der Waals surface area contributed by atoms with Crippen LogP contribution in [-0.4, -0.2) is 22.7 Å². The zero-order valence-corrected chi connectivity index (χ0v) is 12.6. The minimum Gasteiger partial charge on any atom is -0.392 e. The molecule has 0 bridgehead atoms. The van der Waals surface area contributed by atoms with E-state index in [9.17, 15) is 15.2 Å². The summed E-state index contributed by atoms with van der Waals surface area (Å²) < 4.78 is 0. The van der Waals surface area contributed by atoms with Crippen LogP contribution in [0.4, 0.5) is 5.69 Å². The lowest BCUT2D eigenvalue weighted by molar-refractivity contribution is -0.384. The predicted octanol–water partition coefficient (Wildman–Crippen LogP) is 2.73. The molecule has 0 saturated heterocycles. The van der Waals surface area contributed by atoms with E-state index in [1.807, 2.05) is 27.7 Å². The first kappa shape index (κ1) is 16.6. The van der Waals surface area contributed by atoms with Crippen molar-refractivity contribution in [3.05, 3.63) is 39.9 Å². The molecule has 0 amide bonds. The lowest BCUT2D eigenvalue weighted by Gasteiger charge is -2.33. The molecule has 2 N–H and O–H groups in total. The van der Waals surface area contributed by atoms with Gasteiger partial charge in [0.05, 0.1) is 11.0 Å². The number of nitro benzene ring substituents is 1. The van der Waals surface area contributed by atoms with Crippen LogP contribution in [-0.2, 0) is 6.54 Å². The number of nitrogens with one attached hydrogen (secondary N) is 1. The quantitative estimate of drug-likeness (QED) is 0.595. The van der Waals surface area contributed by atoms with E-state index >= 15 is 0 Å². The first-order valence-corrected chi connectivity index (χ1v) is 6.86. The number of benzene rings is 1. The Morgan fingerprint density at radius 2 is 1.85 bits per heavy atom. The molecule has 0 aromatic heterocycles. The van der Waals surface area contributed by atoms with E-state index < -0.39 is 4.92 Å². The van der Waals surface area contributed by atoms with Crippen molar-refractivity contribution in [1.82, 2.24) is 5.32 Å². The third-order valence-corrected chi connectivity index (χ3v) is 3.49. The van der Waals surface area contributed by atoms with Crippen LogP contribution in [0.1, 0.15) is 33.3 Å². The van der Waals surface area contributed by atoms with Gasteiger partial charge in [-0.25, -0.2) is 0 Å². The fraction of sp³-hybridized carbons (Fsp3) is 0.600. The van der Waals surface area contributed by atoms with Crippen molar-refractivity contribution in [2.45, 2.75) is 40.3 Å². The third-order valence-electron chi connectivity index (χ3n) is 3.49. The molecule has 5 heteroatoms. The Hall–Kier alpha value is -1.46. The SMILES string of the molecule is CC(C)C(O)C(C)(C)CNCc1ccc([N+](=O)[O-])cc1. The summed E-state index contributed by atoms with van der Waals surface area (Å²) in [6.07, 6.45) is -0.369. The Balaban J connectivity index is 2.50. The van der Waals surface area contributed by atoms with Gasteiger partial charge in [-0.2, -0.15) is 0 Å². The largest absolute Gasteiger partial charge is 0.392 e. The van der Waals surface area contributed by atoms with E-state index in [4.69, 9.17) is 0 Å². The molecule has 1 rings (SSSR count). The van der Waals surface area contributed by atoms with Gasteiger partial charge in [0.25, 0.3) is 5.69 Å². The normalized spacial score (nSPS) is 13.5. The van der Waals surface area contributed by atoms with E-state index in [2.05, 4.69) is 5.32 Å². The van der Waals surface area contributed by atoms with Gasteiger partial charge in [0, 0.05) is 30.6 Å². The summed E-state index contributed by atoms with van der Waals surface area (Å²) in [6.45, 7) is 9.38. The van der Waals surface area contributed by atoms with Gasteiger partial charge in [-0.05, 0) is 11.5 Å². The molecular formula is C15H24N2O3. The van der Waals surface area contributed by atoms with Gasteiger partial charge in [0.15, 0.2) is 0 Å². The molecule has 1 aromatic carbocycles. The molecule has 5 nitrogen and oxygen atoms in total. The highest BCUT2D eigenvalue weighted by Gasteiger charge is 2.29. The molecular weight excluding hydrogens is 256 g/mol. The molecule has 0 aliphatic carbocycles. The molecule has 1 aromatic rings. The standard InChI is InChI=1S/C15H24N2O3/c1-11(2)14(18)15(3,4)10-16-9-12-5-7-13(8-6-12)17(19)20/h5-8,11,14,16,18H,9-10H2,1-4H3. The van der Waals surface area contributed by atoms with Gasteiger partial charge in [0.1, 0.15) is 0 Å². The molecule has 112 valence electrons. The lowest BCUT2D eigenvalue weighted by atomic mass is 9.80. The van der Waals surface area contributed by atoms with Gasteiger partial charge in [-0.15, -0.1) is 0 Å². The molecule has 0 fully saturated rings. The number of non-ortho nitro benzene ring substituents is 1. The first-order valence-electron chi connectivity index (χ1n) is 6.86. The van der Waals surface area contributed by atoms with Gasteiger partial charge in [-0.3, -0.25) is 10.1 Å². The average molecular weight is 280 g/mol. The first-order chi connectivity index (χ1) is 9.24. The zero-order chi connectivity index (χ0) is 15.3. The minimum absolute atomic E-state index is 0.101. The number of aliphatic hydroxyl groups excluding tert-OH is 1. The highest BCUT2D eigenvalue weighted by atomic mass is 16.6. The van der Waals surface area contributed by atoms with Crippen molar-refractivity contribution in [1.29, 1.82) is 0 Å². The van der Waals surface area contributed by atoms with Crippen LogP contribution >= 0.6 is 0 Å². The zero-order valence-electron chi connectivity index (χ0n) is 12.6. The summed E-state index contributed by atoms with van der Waals surface area (Å²) in [7, 11) is 0. The predicted molar refractivity (Wildman–Crippen MR) is 79.4 cm³/mol. The van der Waals surface area contributed by atoms with Gasteiger partial charge in [-0.1, -0.05) is 39.8 Å². The Morgan fingerprint density at radius 1 is 1.30 bits per heavy atom. The smallest absolute Gasteiger partial charge is 0.269 e. The van der Waals surface area contributed by atoms with Gasteiger partial charge >= 0.3 is 0 Å². The number of hydrogen-bond donors (Lipinski definition) is 2. The molecule has 20 heavy (non-hydrogen) atoms. The molecule has 0 saturated carbocycles. The second-order valence-corrected chi connectivity index (χ2v) is 6.20. The summed E-state index contributed by atoms with van der Waals surface area (Å²) in [6, 6.07) is 6.50. The second-order valence-electron chi connectivity index (χ2n) is 6.20. The third kappa shape index (κ3) is 4.58. The highest BCUT2D eigenvalue weighted by Crippen LogP contribution is 2.25. The fourth-order valence-electron chi connectivity index (χ4n) is 2.27. The monoisotopic (exact) mass is 280 g/mol. The maximum Gasteiger partial charge on any atom is 0.269 e. The van der Waals surface area contributed by atoms with Crippen molar-refractivity contribution in [3.8, 4) is 0 Å². The van der Waals surface area contributed by atoms with Crippen molar-refractivity contribution in [2.24, 2.45) is 11.3 Å². The molecule has 0 heterocycles. The van der Waals surface area contributed by atoms with Crippen LogP contribution < -0.4 is 5.32 Å². The summed E-state index contributed by atoms with van der Waals surface area (Å²) in [4.78, 5) is 10.2. The average Bonchev–Trinajstić information content (AvgIpc) is 2.38. The molecule has 1 atom stereocenters. The van der Waals surface area contributed by atoms with Crippen LogP contribution in [0.15, 0.2) is 24.3 Å². The Bertz CT molecular complexity index is 441. The van der Waals surface area contributed by atoms with Crippen molar-refractivity contribution in [3.63, 3.8) is 0 Å². The maximum atomic E-state index is 10.6. The number of hydrogen-bond acceptors (Lipinski definition) is 4. The van der Waals surface area contributed by atoms with Gasteiger partial charge < -0.3 is 10.4 Å². The number of aliphatic hydroxyl groups is 1. The van der Waals surface area contributed by atoms with E-state index in [1.54, 1.807) is 12.1 Å². The lowest BCUT2D eigenvalue weighted by Crippen LogP contribution is -2.41. The Kier molecular flexibility index (Phi) is 5.65. The molecule has 0 radical (unpaired) electrons. The van der Waals surface area contributed by atoms with Crippen molar-refractivity contribution < 1.29 is 10.0 Å². The van der Waals surface area contributed by atoms with E-state index in [-0.39, 0.29) is 23.1 Å². The topological polar surface area (TPSA) is 75.4 Å². The van der Waals surface area contributed by atoms with Gasteiger partial charge in [0.2, 0.25) is 0 Å². The second kappa shape index (κ2) is 6.81. The number of rotatable bonds is 7. The summed E-state index contributed by atoms with van der Waals surface area (Å²) >= 11 is 0. The highest BCUT2D eigenvalue weighted by molar-refractivity contribution is 5.32.